The second-order valence-corrected chi connectivity index (χ2v) is 8.78. The molecule has 0 aliphatic carbocycles. The molecule has 3 unspecified atom stereocenters. The number of rotatable bonds is 16. The van der Waals surface area contributed by atoms with Gasteiger partial charge in [-0.05, 0) is 27.2 Å². The van der Waals surface area contributed by atoms with Gasteiger partial charge < -0.3 is 32.2 Å². The quantitative estimate of drug-likeness (QED) is 0.234. The zero-order chi connectivity index (χ0) is 17.3. The van der Waals surface area contributed by atoms with Crippen LogP contribution in [0, 0.1) is 0 Å². The van der Waals surface area contributed by atoms with Crippen LogP contribution in [0.3, 0.4) is 0 Å². The molecule has 3 atom stereocenters. The molecule has 0 aromatic heterocycles. The molecule has 0 spiro atoms. The van der Waals surface area contributed by atoms with Crippen LogP contribution >= 0.6 is 0 Å². The maximum absolute atomic E-state index is 6.21. The van der Waals surface area contributed by atoms with Crippen LogP contribution < -0.4 is 0 Å². The summed E-state index contributed by atoms with van der Waals surface area (Å²) in [6.45, 7) is 11.2. The van der Waals surface area contributed by atoms with E-state index >= 15 is 0 Å². The van der Waals surface area contributed by atoms with Gasteiger partial charge in [0.25, 0.3) is 0 Å². The van der Waals surface area contributed by atoms with E-state index in [0.29, 0.717) is 45.7 Å². The van der Waals surface area contributed by atoms with E-state index in [0.717, 1.165) is 25.7 Å². The van der Waals surface area contributed by atoms with Crippen molar-refractivity contribution in [3.63, 3.8) is 0 Å². The lowest BCUT2D eigenvalue weighted by Crippen LogP contribution is -2.49. The summed E-state index contributed by atoms with van der Waals surface area (Å²) >= 11 is 0. The Morgan fingerprint density at radius 2 is 1.58 bits per heavy atom. The van der Waals surface area contributed by atoms with Gasteiger partial charge >= 0.3 is 8.80 Å². The SMILES string of the molecule is CCO[Si](CCCOCC1CO1)(OCC)OC(C)COCC1CO1. The van der Waals surface area contributed by atoms with Gasteiger partial charge in [0.05, 0.1) is 39.1 Å². The minimum Gasteiger partial charge on any atom is -0.379 e. The van der Waals surface area contributed by atoms with Crippen molar-refractivity contribution in [2.24, 2.45) is 0 Å². The summed E-state index contributed by atoms with van der Waals surface area (Å²) in [5.74, 6) is 0. The largest absolute Gasteiger partial charge is 0.501 e. The van der Waals surface area contributed by atoms with Gasteiger partial charge in [0.1, 0.15) is 12.2 Å². The van der Waals surface area contributed by atoms with E-state index < -0.39 is 8.80 Å². The lowest BCUT2D eigenvalue weighted by Gasteiger charge is -2.31. The number of epoxide rings is 2. The van der Waals surface area contributed by atoms with E-state index in [2.05, 4.69) is 0 Å². The van der Waals surface area contributed by atoms with Crippen molar-refractivity contribution < 1.29 is 32.2 Å². The maximum Gasteiger partial charge on any atom is 0.501 e. The molecule has 0 amide bonds. The second-order valence-electron chi connectivity index (χ2n) is 6.10. The summed E-state index contributed by atoms with van der Waals surface area (Å²) in [6.07, 6.45) is 1.34. The third kappa shape index (κ3) is 8.35. The van der Waals surface area contributed by atoms with Crippen LogP contribution in [0.5, 0.6) is 0 Å². The standard InChI is InChI=1S/C16H32O7Si/c1-4-21-24(22-5-2,8-6-7-17-10-15-12-19-15)23-14(3)9-18-11-16-13-20-16/h14-16H,4-13H2,1-3H3. The van der Waals surface area contributed by atoms with E-state index in [1.165, 1.54) is 0 Å². The molecular weight excluding hydrogens is 332 g/mol. The first-order chi connectivity index (χ1) is 11.7. The highest BCUT2D eigenvalue weighted by Crippen LogP contribution is 2.21. The molecule has 0 aromatic rings. The Kier molecular flexibility index (Phi) is 9.13. The first-order valence-corrected chi connectivity index (χ1v) is 10.9. The number of ether oxygens (including phenoxy) is 4. The zero-order valence-electron chi connectivity index (χ0n) is 15.2. The monoisotopic (exact) mass is 364 g/mol. The van der Waals surface area contributed by atoms with E-state index in [1.807, 2.05) is 20.8 Å². The Bertz CT molecular complexity index is 330. The predicted molar refractivity (Wildman–Crippen MR) is 90.1 cm³/mol. The lowest BCUT2D eigenvalue weighted by atomic mass is 10.4. The van der Waals surface area contributed by atoms with Gasteiger partial charge in [0, 0.05) is 25.9 Å². The molecule has 0 bridgehead atoms. The van der Waals surface area contributed by atoms with Crippen molar-refractivity contribution in [1.29, 1.82) is 0 Å². The van der Waals surface area contributed by atoms with Gasteiger partial charge in [-0.2, -0.15) is 0 Å². The molecule has 8 heteroatoms. The topological polar surface area (TPSA) is 71.2 Å². The van der Waals surface area contributed by atoms with Gasteiger partial charge in [-0.1, -0.05) is 0 Å². The first-order valence-electron chi connectivity index (χ1n) is 9.02. The van der Waals surface area contributed by atoms with Crippen LogP contribution in [-0.2, 0) is 32.2 Å². The molecule has 0 saturated carbocycles. The van der Waals surface area contributed by atoms with E-state index in [4.69, 9.17) is 32.2 Å². The minimum absolute atomic E-state index is 0.0747. The molecule has 2 fully saturated rings. The van der Waals surface area contributed by atoms with Crippen molar-refractivity contribution >= 4 is 8.80 Å². The lowest BCUT2D eigenvalue weighted by molar-refractivity contribution is -0.00797. The molecule has 7 nitrogen and oxygen atoms in total. The fourth-order valence-corrected chi connectivity index (χ4v) is 5.16. The highest BCUT2D eigenvalue weighted by Gasteiger charge is 2.42. The molecule has 2 aliphatic rings. The third-order valence-corrected chi connectivity index (χ3v) is 6.83. The highest BCUT2D eigenvalue weighted by atomic mass is 28.4. The maximum atomic E-state index is 6.21. The Labute approximate surface area is 146 Å². The smallest absolute Gasteiger partial charge is 0.379 e. The first kappa shape index (κ1) is 20.3. The van der Waals surface area contributed by atoms with E-state index in [-0.39, 0.29) is 12.2 Å². The van der Waals surface area contributed by atoms with E-state index in [9.17, 15) is 0 Å². The van der Waals surface area contributed by atoms with Gasteiger partial charge in [0.2, 0.25) is 0 Å². The molecule has 0 radical (unpaired) electrons. The van der Waals surface area contributed by atoms with Crippen molar-refractivity contribution in [1.82, 2.24) is 0 Å². The molecule has 2 saturated heterocycles. The summed E-state index contributed by atoms with van der Waals surface area (Å²) in [5.41, 5.74) is 0. The van der Waals surface area contributed by atoms with Crippen LogP contribution in [0.25, 0.3) is 0 Å². The Balaban J connectivity index is 1.70. The molecule has 142 valence electrons. The van der Waals surface area contributed by atoms with Crippen LogP contribution in [0.4, 0.5) is 0 Å². The van der Waals surface area contributed by atoms with E-state index in [1.54, 1.807) is 0 Å². The number of hydrogen-bond donors (Lipinski definition) is 0. The zero-order valence-corrected chi connectivity index (χ0v) is 16.2. The van der Waals surface area contributed by atoms with Crippen LogP contribution in [-0.4, -0.2) is 80.0 Å². The van der Waals surface area contributed by atoms with Crippen molar-refractivity contribution in [2.75, 3.05) is 52.9 Å². The van der Waals surface area contributed by atoms with Crippen molar-refractivity contribution in [3.05, 3.63) is 0 Å². The summed E-state index contributed by atoms with van der Waals surface area (Å²) < 4.78 is 39.6. The van der Waals surface area contributed by atoms with Gasteiger partial charge in [-0.3, -0.25) is 0 Å². The molecule has 24 heavy (non-hydrogen) atoms. The van der Waals surface area contributed by atoms with Crippen molar-refractivity contribution in [3.8, 4) is 0 Å². The van der Waals surface area contributed by atoms with Gasteiger partial charge in [-0.15, -0.1) is 0 Å². The van der Waals surface area contributed by atoms with Crippen LogP contribution in [0.2, 0.25) is 6.04 Å². The fraction of sp³-hybridized carbons (Fsp3) is 1.00. The minimum atomic E-state index is -2.70. The molecule has 2 rings (SSSR count). The summed E-state index contributed by atoms with van der Waals surface area (Å²) in [4.78, 5) is 0. The summed E-state index contributed by atoms with van der Waals surface area (Å²) in [6, 6.07) is 0.746. The molecule has 0 N–H and O–H groups in total. The van der Waals surface area contributed by atoms with Crippen LogP contribution in [0.1, 0.15) is 27.2 Å². The van der Waals surface area contributed by atoms with Crippen molar-refractivity contribution in [2.45, 2.75) is 51.5 Å². The highest BCUT2D eigenvalue weighted by molar-refractivity contribution is 6.60. The van der Waals surface area contributed by atoms with Crippen LogP contribution in [0.15, 0.2) is 0 Å². The summed E-state index contributed by atoms with van der Waals surface area (Å²) in [5, 5.41) is 0. The average molecular weight is 365 g/mol. The Hall–Kier alpha value is -0.0631. The Morgan fingerprint density at radius 3 is 2.12 bits per heavy atom. The summed E-state index contributed by atoms with van der Waals surface area (Å²) in [7, 11) is -2.70. The average Bonchev–Trinajstić information content (AvgIpc) is 3.42. The normalized spacial score (nSPS) is 24.1. The molecule has 2 aliphatic heterocycles. The molecule has 2 heterocycles. The Morgan fingerprint density at radius 1 is 1.00 bits per heavy atom. The van der Waals surface area contributed by atoms with Gasteiger partial charge in [-0.25, -0.2) is 0 Å². The van der Waals surface area contributed by atoms with Gasteiger partial charge in [0.15, 0.2) is 0 Å². The molecule has 0 aromatic carbocycles. The third-order valence-electron chi connectivity index (χ3n) is 3.65. The molecular formula is C16H32O7Si. The number of hydrogen-bond acceptors (Lipinski definition) is 7. The predicted octanol–water partition coefficient (Wildman–Crippen LogP) is 1.62. The second kappa shape index (κ2) is 10.8. The fourth-order valence-electron chi connectivity index (χ4n) is 2.39.